The van der Waals surface area contributed by atoms with Crippen LogP contribution >= 0.6 is 0 Å². The van der Waals surface area contributed by atoms with Crippen molar-refractivity contribution >= 4 is 5.91 Å². The number of hydrogen-bond acceptors (Lipinski definition) is 6. The maximum absolute atomic E-state index is 12.1. The van der Waals surface area contributed by atoms with Crippen molar-refractivity contribution in [2.75, 3.05) is 60.3 Å². The molecule has 1 amide bonds. The van der Waals surface area contributed by atoms with Crippen molar-refractivity contribution in [3.8, 4) is 0 Å². The summed E-state index contributed by atoms with van der Waals surface area (Å²) in [6.07, 6.45) is 0.719. The van der Waals surface area contributed by atoms with Crippen molar-refractivity contribution in [1.29, 1.82) is 0 Å². The van der Waals surface area contributed by atoms with Crippen molar-refractivity contribution in [2.45, 2.75) is 45.3 Å². The van der Waals surface area contributed by atoms with E-state index in [4.69, 9.17) is 18.9 Å². The number of nitrogens with one attached hydrogen (secondary N) is 2. The molecule has 7 heteroatoms. The van der Waals surface area contributed by atoms with Crippen molar-refractivity contribution in [3.05, 3.63) is 0 Å². The van der Waals surface area contributed by atoms with Crippen molar-refractivity contribution in [1.82, 2.24) is 10.6 Å². The summed E-state index contributed by atoms with van der Waals surface area (Å²) in [5, 5.41) is 5.82. The maximum Gasteiger partial charge on any atom is 0.251 e. The number of likely N-dealkylation sites (N-methyl/N-ethyl adjacent to an activating group) is 1. The molecule has 7 nitrogen and oxygen atoms in total. The van der Waals surface area contributed by atoms with Crippen LogP contribution in [-0.2, 0) is 23.7 Å². The molecule has 0 aliphatic heterocycles. The third-order valence-electron chi connectivity index (χ3n) is 3.67. The van der Waals surface area contributed by atoms with Gasteiger partial charge in [-0.05, 0) is 41.2 Å². The molecule has 0 heterocycles. The van der Waals surface area contributed by atoms with Gasteiger partial charge < -0.3 is 29.6 Å². The van der Waals surface area contributed by atoms with E-state index in [1.165, 1.54) is 0 Å². The fourth-order valence-electron chi connectivity index (χ4n) is 1.67. The van der Waals surface area contributed by atoms with E-state index in [0.717, 1.165) is 13.0 Å². The lowest BCUT2D eigenvalue weighted by Crippen LogP contribution is -2.46. The molecule has 0 fully saturated rings. The minimum Gasteiger partial charge on any atom is -0.379 e. The Bertz CT molecular complexity index is 335. The lowest BCUT2D eigenvalue weighted by Gasteiger charge is -2.28. The van der Waals surface area contributed by atoms with Crippen LogP contribution in [0.5, 0.6) is 0 Å². The molecule has 0 atom stereocenters. The van der Waals surface area contributed by atoms with E-state index in [0.29, 0.717) is 39.6 Å². The second-order valence-corrected chi connectivity index (χ2v) is 6.66. The van der Waals surface area contributed by atoms with Gasteiger partial charge in [-0.1, -0.05) is 0 Å². The third kappa shape index (κ3) is 11.8. The topological polar surface area (TPSA) is 78.0 Å². The third-order valence-corrected chi connectivity index (χ3v) is 3.67. The summed E-state index contributed by atoms with van der Waals surface area (Å²) in [7, 11) is 3.55. The Balaban J connectivity index is 3.73. The highest BCUT2D eigenvalue weighted by Crippen LogP contribution is 2.16. The molecule has 24 heavy (non-hydrogen) atoms. The van der Waals surface area contributed by atoms with Crippen molar-refractivity contribution < 1.29 is 23.7 Å². The molecule has 0 rings (SSSR count). The maximum atomic E-state index is 12.1. The second-order valence-electron chi connectivity index (χ2n) is 6.66. The van der Waals surface area contributed by atoms with Gasteiger partial charge in [-0.3, -0.25) is 4.79 Å². The minimum absolute atomic E-state index is 0.147. The van der Waals surface area contributed by atoms with Gasteiger partial charge in [0.15, 0.2) is 0 Å². The molecule has 144 valence electrons. The van der Waals surface area contributed by atoms with E-state index in [9.17, 15) is 4.79 Å². The van der Waals surface area contributed by atoms with E-state index in [1.807, 2.05) is 20.9 Å². The van der Waals surface area contributed by atoms with Gasteiger partial charge in [0.1, 0.15) is 5.60 Å². The van der Waals surface area contributed by atoms with E-state index in [1.54, 1.807) is 21.0 Å². The Labute approximate surface area is 146 Å². The molecule has 0 bridgehead atoms. The van der Waals surface area contributed by atoms with Crippen LogP contribution in [0.15, 0.2) is 0 Å². The highest BCUT2D eigenvalue weighted by molar-refractivity contribution is 5.84. The second kappa shape index (κ2) is 12.6. The first-order valence-electron chi connectivity index (χ1n) is 8.52. The van der Waals surface area contributed by atoms with Gasteiger partial charge in [0.25, 0.3) is 5.91 Å². The lowest BCUT2D eigenvalue weighted by atomic mass is 10.1. The van der Waals surface area contributed by atoms with Crippen molar-refractivity contribution in [3.63, 3.8) is 0 Å². The van der Waals surface area contributed by atoms with Gasteiger partial charge in [-0.25, -0.2) is 0 Å². The lowest BCUT2D eigenvalue weighted by molar-refractivity contribution is -0.145. The summed E-state index contributed by atoms with van der Waals surface area (Å²) in [4.78, 5) is 12.1. The van der Waals surface area contributed by atoms with Gasteiger partial charge in [0, 0.05) is 20.2 Å². The molecule has 0 radical (unpaired) electrons. The van der Waals surface area contributed by atoms with Crippen molar-refractivity contribution in [2.24, 2.45) is 0 Å². The number of rotatable bonds is 15. The summed E-state index contributed by atoms with van der Waals surface area (Å²) in [6, 6.07) is 0. The largest absolute Gasteiger partial charge is 0.379 e. The summed E-state index contributed by atoms with van der Waals surface area (Å²) >= 11 is 0. The predicted molar refractivity (Wildman–Crippen MR) is 94.3 cm³/mol. The van der Waals surface area contributed by atoms with Gasteiger partial charge in [0.05, 0.1) is 38.6 Å². The highest BCUT2D eigenvalue weighted by atomic mass is 16.5. The zero-order valence-electron chi connectivity index (χ0n) is 16.2. The Morgan fingerprint density at radius 1 is 0.917 bits per heavy atom. The first kappa shape index (κ1) is 23.3. The fourth-order valence-corrected chi connectivity index (χ4v) is 1.67. The molecule has 0 unspecified atom stereocenters. The summed E-state index contributed by atoms with van der Waals surface area (Å²) in [5.41, 5.74) is -1.13. The zero-order chi connectivity index (χ0) is 18.5. The molecular weight excluding hydrogens is 312 g/mol. The molecule has 0 saturated heterocycles. The zero-order valence-corrected chi connectivity index (χ0v) is 16.2. The first-order valence-corrected chi connectivity index (χ1v) is 8.52. The van der Waals surface area contributed by atoms with Gasteiger partial charge >= 0.3 is 0 Å². The normalized spacial score (nSPS) is 12.4. The van der Waals surface area contributed by atoms with Crippen LogP contribution in [0.3, 0.4) is 0 Å². The fraction of sp³-hybridized carbons (Fsp3) is 0.941. The molecule has 2 N–H and O–H groups in total. The Morgan fingerprint density at radius 2 is 1.50 bits per heavy atom. The summed E-state index contributed by atoms with van der Waals surface area (Å²) in [5.74, 6) is -0.147. The highest BCUT2D eigenvalue weighted by Gasteiger charge is 2.29. The van der Waals surface area contributed by atoms with Gasteiger partial charge in [-0.15, -0.1) is 0 Å². The quantitative estimate of drug-likeness (QED) is 0.429. The predicted octanol–water partition coefficient (Wildman–Crippen LogP) is 0.966. The van der Waals surface area contributed by atoms with E-state index < -0.39 is 5.60 Å². The molecule has 0 aliphatic carbocycles. The smallest absolute Gasteiger partial charge is 0.251 e. The molecule has 0 spiro atoms. The monoisotopic (exact) mass is 348 g/mol. The number of amides is 1. The average Bonchev–Trinajstić information content (AvgIpc) is 2.52. The van der Waals surface area contributed by atoms with E-state index in [2.05, 4.69) is 10.6 Å². The van der Waals surface area contributed by atoms with E-state index in [-0.39, 0.29) is 11.5 Å². The SMILES string of the molecule is CNCCOCCOCCNC(=O)C(C)(C)OCCC(C)(C)OC. The van der Waals surface area contributed by atoms with Gasteiger partial charge in [0.2, 0.25) is 0 Å². The number of carbonyl (C=O) groups is 1. The molecule has 0 saturated carbocycles. The van der Waals surface area contributed by atoms with E-state index >= 15 is 0 Å². The Hall–Kier alpha value is -0.730. The minimum atomic E-state index is -0.875. The van der Waals surface area contributed by atoms with Crippen LogP contribution in [0.4, 0.5) is 0 Å². The standard InChI is InChI=1S/C17H36N2O5/c1-16(2,21-6)7-10-24-17(3,4)15(20)19-9-12-23-14-13-22-11-8-18-5/h18H,7-14H2,1-6H3,(H,19,20). The van der Waals surface area contributed by atoms with Gasteiger partial charge in [-0.2, -0.15) is 0 Å². The number of hydrogen-bond donors (Lipinski definition) is 2. The molecule has 0 aromatic heterocycles. The van der Waals surface area contributed by atoms with Crippen LogP contribution in [0.1, 0.15) is 34.1 Å². The van der Waals surface area contributed by atoms with Crippen LogP contribution in [0, 0.1) is 0 Å². The Kier molecular flexibility index (Phi) is 12.2. The summed E-state index contributed by atoms with van der Waals surface area (Å²) in [6.45, 7) is 11.4. The molecule has 0 aromatic rings. The first-order chi connectivity index (χ1) is 11.2. The van der Waals surface area contributed by atoms with Crippen LogP contribution in [-0.4, -0.2) is 77.4 Å². The molecular formula is C17H36N2O5. The summed E-state index contributed by atoms with van der Waals surface area (Å²) < 4.78 is 21.8. The molecule has 0 aliphatic rings. The number of methoxy groups -OCH3 is 1. The Morgan fingerprint density at radius 3 is 2.04 bits per heavy atom. The average molecular weight is 348 g/mol. The van der Waals surface area contributed by atoms with Crippen LogP contribution < -0.4 is 10.6 Å². The molecule has 0 aromatic carbocycles. The number of ether oxygens (including phenoxy) is 4. The number of carbonyl (C=O) groups excluding carboxylic acids is 1. The van der Waals surface area contributed by atoms with Crippen LogP contribution in [0.2, 0.25) is 0 Å². The van der Waals surface area contributed by atoms with Crippen LogP contribution in [0.25, 0.3) is 0 Å².